The zero-order chi connectivity index (χ0) is 11.0. The van der Waals surface area contributed by atoms with Crippen molar-refractivity contribution in [2.45, 2.75) is 6.42 Å². The number of allylic oxidation sites excluding steroid dienone is 1. The minimum Gasteiger partial charge on any atom is -0.0840 e. The second kappa shape index (κ2) is 3.80. The minimum absolute atomic E-state index is 0.875. The molecule has 1 heteroatoms. The van der Waals surface area contributed by atoms with Crippen molar-refractivity contribution in [2.24, 2.45) is 0 Å². The molecule has 2 aromatic rings. The van der Waals surface area contributed by atoms with Gasteiger partial charge < -0.3 is 0 Å². The molecule has 3 rings (SSSR count). The Morgan fingerprint density at radius 1 is 0.875 bits per heavy atom. The fourth-order valence-corrected chi connectivity index (χ4v) is 2.41. The summed E-state index contributed by atoms with van der Waals surface area (Å²) in [7, 11) is 0. The summed E-state index contributed by atoms with van der Waals surface area (Å²) in [5.74, 6) is 0. The summed E-state index contributed by atoms with van der Waals surface area (Å²) in [4.78, 5) is 0. The maximum Gasteiger partial charge on any atom is 0.0447 e. The van der Waals surface area contributed by atoms with Gasteiger partial charge in [0.2, 0.25) is 0 Å². The van der Waals surface area contributed by atoms with Crippen LogP contribution in [0.3, 0.4) is 0 Å². The van der Waals surface area contributed by atoms with Crippen molar-refractivity contribution in [1.82, 2.24) is 0 Å². The molecule has 0 fully saturated rings. The quantitative estimate of drug-likeness (QED) is 0.675. The van der Waals surface area contributed by atoms with Crippen molar-refractivity contribution in [3.8, 4) is 0 Å². The third-order valence-electron chi connectivity index (χ3n) is 3.00. The third kappa shape index (κ3) is 1.56. The van der Waals surface area contributed by atoms with Gasteiger partial charge in [-0.25, -0.2) is 0 Å². The van der Waals surface area contributed by atoms with Crippen molar-refractivity contribution in [3.05, 3.63) is 70.2 Å². The van der Waals surface area contributed by atoms with E-state index in [-0.39, 0.29) is 0 Å². The zero-order valence-corrected chi connectivity index (χ0v) is 9.54. The van der Waals surface area contributed by atoms with Gasteiger partial charge in [0.25, 0.3) is 0 Å². The third-order valence-corrected chi connectivity index (χ3v) is 3.35. The van der Waals surface area contributed by atoms with E-state index in [1.807, 2.05) is 18.2 Å². The van der Waals surface area contributed by atoms with Crippen LogP contribution in [0.25, 0.3) is 11.6 Å². The lowest BCUT2D eigenvalue weighted by atomic mass is 10.0. The predicted octanol–water partition coefficient (Wildman–Crippen LogP) is 4.44. The van der Waals surface area contributed by atoms with Crippen LogP contribution < -0.4 is 0 Å². The fourth-order valence-electron chi connectivity index (χ4n) is 2.16. The van der Waals surface area contributed by atoms with Gasteiger partial charge in [-0.3, -0.25) is 0 Å². The first-order chi connectivity index (χ1) is 7.84. The highest BCUT2D eigenvalue weighted by Gasteiger charge is 2.15. The molecule has 0 atom stereocenters. The summed E-state index contributed by atoms with van der Waals surface area (Å²) >= 11 is 6.19. The van der Waals surface area contributed by atoms with Crippen molar-refractivity contribution >= 4 is 23.3 Å². The number of hydrogen-bond acceptors (Lipinski definition) is 0. The van der Waals surface area contributed by atoms with Crippen LogP contribution in [0.5, 0.6) is 0 Å². The van der Waals surface area contributed by atoms with Crippen molar-refractivity contribution < 1.29 is 0 Å². The summed E-state index contributed by atoms with van der Waals surface area (Å²) in [6, 6.07) is 16.6. The molecule has 0 aliphatic heterocycles. The van der Waals surface area contributed by atoms with Crippen LogP contribution in [0.1, 0.15) is 16.7 Å². The molecule has 78 valence electrons. The van der Waals surface area contributed by atoms with E-state index in [4.69, 9.17) is 11.6 Å². The molecular formula is C15H11Cl. The summed E-state index contributed by atoms with van der Waals surface area (Å²) < 4.78 is 0. The Kier molecular flexibility index (Phi) is 2.30. The molecule has 0 nitrogen and oxygen atoms in total. The molecule has 1 aliphatic rings. The van der Waals surface area contributed by atoms with E-state index in [0.717, 1.165) is 11.4 Å². The van der Waals surface area contributed by atoms with Crippen LogP contribution in [0.2, 0.25) is 5.02 Å². The summed E-state index contributed by atoms with van der Waals surface area (Å²) in [5, 5.41) is 0.875. The van der Waals surface area contributed by atoms with E-state index in [9.17, 15) is 0 Å². The van der Waals surface area contributed by atoms with Gasteiger partial charge in [-0.1, -0.05) is 60.1 Å². The Labute approximate surface area is 100 Å². The lowest BCUT2D eigenvalue weighted by Crippen LogP contribution is -1.86. The summed E-state index contributed by atoms with van der Waals surface area (Å²) in [6.07, 6.45) is 3.18. The van der Waals surface area contributed by atoms with Gasteiger partial charge in [0.1, 0.15) is 0 Å². The lowest BCUT2D eigenvalue weighted by Gasteiger charge is -2.02. The number of hydrogen-bond donors (Lipinski definition) is 0. The smallest absolute Gasteiger partial charge is 0.0447 e. The van der Waals surface area contributed by atoms with Crippen LogP contribution >= 0.6 is 11.6 Å². The summed E-state index contributed by atoms with van der Waals surface area (Å²) in [5.41, 5.74) is 5.15. The zero-order valence-electron chi connectivity index (χ0n) is 8.78. The molecular weight excluding hydrogens is 216 g/mol. The van der Waals surface area contributed by atoms with E-state index in [2.05, 4.69) is 36.4 Å². The molecule has 0 saturated carbocycles. The Bertz CT molecular complexity index is 553. The second-order valence-corrected chi connectivity index (χ2v) is 4.43. The molecule has 0 spiro atoms. The van der Waals surface area contributed by atoms with Crippen LogP contribution in [0.15, 0.2) is 48.5 Å². The first-order valence-electron chi connectivity index (χ1n) is 5.38. The van der Waals surface area contributed by atoms with Gasteiger partial charge in [0.05, 0.1) is 0 Å². The van der Waals surface area contributed by atoms with Crippen LogP contribution in [-0.2, 0) is 6.42 Å². The van der Waals surface area contributed by atoms with Gasteiger partial charge in [0, 0.05) is 11.4 Å². The largest absolute Gasteiger partial charge is 0.0840 e. The highest BCUT2D eigenvalue weighted by Crippen LogP contribution is 2.35. The molecule has 16 heavy (non-hydrogen) atoms. The maximum atomic E-state index is 6.19. The Balaban J connectivity index is 2.04. The SMILES string of the molecule is Clc1cccc2c1CC(c1ccccc1)=C2. The number of fused-ring (bicyclic) bond motifs is 1. The topological polar surface area (TPSA) is 0 Å². The van der Waals surface area contributed by atoms with Crippen molar-refractivity contribution in [3.63, 3.8) is 0 Å². The molecule has 0 amide bonds. The molecule has 0 radical (unpaired) electrons. The van der Waals surface area contributed by atoms with Crippen molar-refractivity contribution in [2.75, 3.05) is 0 Å². The normalized spacial score (nSPS) is 13.4. The van der Waals surface area contributed by atoms with Gasteiger partial charge in [0.15, 0.2) is 0 Å². The average molecular weight is 227 g/mol. The fraction of sp³-hybridized carbons (Fsp3) is 0.0667. The van der Waals surface area contributed by atoms with E-state index in [1.54, 1.807) is 0 Å². The van der Waals surface area contributed by atoms with Gasteiger partial charge in [-0.05, 0) is 28.3 Å². The molecule has 0 heterocycles. The second-order valence-electron chi connectivity index (χ2n) is 4.02. The minimum atomic E-state index is 0.875. The molecule has 0 N–H and O–H groups in total. The van der Waals surface area contributed by atoms with E-state index in [0.29, 0.717) is 0 Å². The number of benzene rings is 2. The van der Waals surface area contributed by atoms with E-state index in [1.165, 1.54) is 22.3 Å². The van der Waals surface area contributed by atoms with E-state index >= 15 is 0 Å². The highest BCUT2D eigenvalue weighted by molar-refractivity contribution is 6.32. The number of rotatable bonds is 1. The molecule has 1 aliphatic carbocycles. The average Bonchev–Trinajstić information content (AvgIpc) is 2.76. The molecule has 2 aromatic carbocycles. The van der Waals surface area contributed by atoms with Crippen LogP contribution in [-0.4, -0.2) is 0 Å². The van der Waals surface area contributed by atoms with E-state index < -0.39 is 0 Å². The molecule has 0 saturated heterocycles. The van der Waals surface area contributed by atoms with Gasteiger partial charge in [-0.15, -0.1) is 0 Å². The predicted molar refractivity (Wildman–Crippen MR) is 69.5 cm³/mol. The van der Waals surface area contributed by atoms with Crippen LogP contribution in [0, 0.1) is 0 Å². The molecule has 0 aromatic heterocycles. The Hall–Kier alpha value is -1.53. The number of halogens is 1. The highest BCUT2D eigenvalue weighted by atomic mass is 35.5. The van der Waals surface area contributed by atoms with Crippen molar-refractivity contribution in [1.29, 1.82) is 0 Å². The molecule has 0 bridgehead atoms. The monoisotopic (exact) mass is 226 g/mol. The standard InChI is InChI=1S/C15H11Cl/c16-15-8-4-7-12-9-13(10-14(12)15)11-5-2-1-3-6-11/h1-9H,10H2. The summed E-state index contributed by atoms with van der Waals surface area (Å²) in [6.45, 7) is 0. The first-order valence-corrected chi connectivity index (χ1v) is 5.76. The maximum absolute atomic E-state index is 6.19. The van der Waals surface area contributed by atoms with Gasteiger partial charge in [-0.2, -0.15) is 0 Å². The van der Waals surface area contributed by atoms with Crippen LogP contribution in [0.4, 0.5) is 0 Å². The van der Waals surface area contributed by atoms with Gasteiger partial charge >= 0.3 is 0 Å². The first kappa shape index (κ1) is 9.68. The Morgan fingerprint density at radius 2 is 1.69 bits per heavy atom. The Morgan fingerprint density at radius 3 is 2.44 bits per heavy atom. The lowest BCUT2D eigenvalue weighted by molar-refractivity contribution is 1.32. The molecule has 0 unspecified atom stereocenters.